The van der Waals surface area contributed by atoms with E-state index in [4.69, 9.17) is 5.84 Å². The number of hydrogen-bond donors (Lipinski definition) is 3. The van der Waals surface area contributed by atoms with Crippen LogP contribution in [0.5, 0.6) is 0 Å². The number of aromatic nitrogens is 3. The Morgan fingerprint density at radius 3 is 2.33 bits per heavy atom. The van der Waals surface area contributed by atoms with Crippen LogP contribution in [0.1, 0.15) is 46.5 Å². The molecule has 1 heterocycles. The van der Waals surface area contributed by atoms with E-state index in [-0.39, 0.29) is 0 Å². The van der Waals surface area contributed by atoms with Gasteiger partial charge in [-0.3, -0.25) is 5.43 Å². The molecule has 21 heavy (non-hydrogen) atoms. The molecule has 1 aliphatic carbocycles. The van der Waals surface area contributed by atoms with Gasteiger partial charge in [-0.1, -0.05) is 19.8 Å². The van der Waals surface area contributed by atoms with Gasteiger partial charge in [0.1, 0.15) is 0 Å². The molecule has 0 saturated heterocycles. The third-order valence-corrected chi connectivity index (χ3v) is 3.94. The fourth-order valence-electron chi connectivity index (χ4n) is 2.41. The fourth-order valence-corrected chi connectivity index (χ4v) is 2.41. The van der Waals surface area contributed by atoms with Crippen LogP contribution in [0.2, 0.25) is 0 Å². The number of hydrazine groups is 1. The van der Waals surface area contributed by atoms with Crippen LogP contribution in [0.15, 0.2) is 0 Å². The molecule has 2 rings (SSSR count). The van der Waals surface area contributed by atoms with Gasteiger partial charge in [-0.15, -0.1) is 0 Å². The normalized spacial score (nSPS) is 15.6. The van der Waals surface area contributed by atoms with E-state index in [1.54, 1.807) is 0 Å². The summed E-state index contributed by atoms with van der Waals surface area (Å²) in [4.78, 5) is 15.3. The first-order valence-corrected chi connectivity index (χ1v) is 7.94. The van der Waals surface area contributed by atoms with Gasteiger partial charge in [0.25, 0.3) is 0 Å². The SMILES string of the molecule is CCC(CC1CC1)Nc1nc(NN)nc(N(CC)CC)n1. The van der Waals surface area contributed by atoms with Crippen molar-refractivity contribution >= 4 is 17.8 Å². The first-order chi connectivity index (χ1) is 10.2. The van der Waals surface area contributed by atoms with E-state index < -0.39 is 0 Å². The molecule has 0 spiro atoms. The molecule has 0 aromatic carbocycles. The number of hydrogen-bond acceptors (Lipinski definition) is 7. The average Bonchev–Trinajstić information content (AvgIpc) is 3.31. The van der Waals surface area contributed by atoms with Crippen LogP contribution >= 0.6 is 0 Å². The molecule has 0 aliphatic heterocycles. The largest absolute Gasteiger partial charge is 0.351 e. The molecule has 7 nitrogen and oxygen atoms in total. The summed E-state index contributed by atoms with van der Waals surface area (Å²) in [5.74, 6) is 8.01. The standard InChI is InChI=1S/C14H27N7/c1-4-11(9-10-7-8-10)16-12-17-13(20-15)19-14(18-12)21(5-2)6-3/h10-11H,4-9,15H2,1-3H3,(H2,16,17,18,19,20). The van der Waals surface area contributed by atoms with Gasteiger partial charge in [-0.25, -0.2) is 5.84 Å². The summed E-state index contributed by atoms with van der Waals surface area (Å²) in [6.45, 7) is 8.05. The second-order valence-corrected chi connectivity index (χ2v) is 5.53. The summed E-state index contributed by atoms with van der Waals surface area (Å²) in [5, 5.41) is 3.43. The van der Waals surface area contributed by atoms with Crippen LogP contribution in [-0.2, 0) is 0 Å². The predicted octanol–water partition coefficient (Wildman–Crippen LogP) is 1.99. The monoisotopic (exact) mass is 293 g/mol. The van der Waals surface area contributed by atoms with Crippen molar-refractivity contribution in [2.75, 3.05) is 28.7 Å². The zero-order chi connectivity index (χ0) is 15.2. The number of anilines is 3. The summed E-state index contributed by atoms with van der Waals surface area (Å²) in [6.07, 6.45) is 4.97. The molecule has 0 radical (unpaired) electrons. The van der Waals surface area contributed by atoms with Gasteiger partial charge in [-0.05, 0) is 32.6 Å². The van der Waals surface area contributed by atoms with E-state index in [1.165, 1.54) is 19.3 Å². The number of nitrogen functional groups attached to an aromatic ring is 1. The van der Waals surface area contributed by atoms with E-state index in [9.17, 15) is 0 Å². The highest BCUT2D eigenvalue weighted by atomic mass is 15.4. The lowest BCUT2D eigenvalue weighted by Crippen LogP contribution is -2.27. The molecule has 1 fully saturated rings. The lowest BCUT2D eigenvalue weighted by atomic mass is 10.1. The minimum absolute atomic E-state index is 0.399. The Morgan fingerprint density at radius 2 is 1.81 bits per heavy atom. The van der Waals surface area contributed by atoms with Gasteiger partial charge in [0, 0.05) is 19.1 Å². The van der Waals surface area contributed by atoms with Gasteiger partial charge in [0.2, 0.25) is 17.8 Å². The van der Waals surface area contributed by atoms with Crippen molar-refractivity contribution in [2.24, 2.45) is 11.8 Å². The minimum Gasteiger partial charge on any atom is -0.351 e. The van der Waals surface area contributed by atoms with Crippen LogP contribution < -0.4 is 21.5 Å². The topological polar surface area (TPSA) is 92.0 Å². The first-order valence-electron chi connectivity index (χ1n) is 7.94. The maximum atomic E-state index is 5.48. The summed E-state index contributed by atoms with van der Waals surface area (Å²) in [7, 11) is 0. The van der Waals surface area contributed by atoms with Gasteiger partial charge >= 0.3 is 0 Å². The van der Waals surface area contributed by atoms with Crippen molar-refractivity contribution in [3.05, 3.63) is 0 Å². The number of nitrogens with zero attached hydrogens (tertiary/aromatic N) is 4. The zero-order valence-corrected chi connectivity index (χ0v) is 13.3. The molecule has 0 bridgehead atoms. The van der Waals surface area contributed by atoms with Crippen molar-refractivity contribution in [3.8, 4) is 0 Å². The molecule has 1 atom stereocenters. The minimum atomic E-state index is 0.399. The molecule has 7 heteroatoms. The quantitative estimate of drug-likeness (QED) is 0.473. The summed E-state index contributed by atoms with van der Waals surface area (Å²) in [5.41, 5.74) is 2.53. The molecule has 1 aromatic rings. The Labute approximate surface area is 126 Å². The van der Waals surface area contributed by atoms with E-state index in [2.05, 4.69) is 51.4 Å². The molecule has 1 aromatic heterocycles. The Morgan fingerprint density at radius 1 is 1.14 bits per heavy atom. The third kappa shape index (κ3) is 4.42. The first kappa shape index (κ1) is 15.8. The van der Waals surface area contributed by atoms with Crippen molar-refractivity contribution in [1.29, 1.82) is 0 Å². The van der Waals surface area contributed by atoms with Crippen LogP contribution in [0.25, 0.3) is 0 Å². The zero-order valence-electron chi connectivity index (χ0n) is 13.3. The molecule has 1 saturated carbocycles. The van der Waals surface area contributed by atoms with Gasteiger partial charge in [0.05, 0.1) is 0 Å². The van der Waals surface area contributed by atoms with Gasteiger partial charge < -0.3 is 10.2 Å². The second-order valence-electron chi connectivity index (χ2n) is 5.53. The average molecular weight is 293 g/mol. The van der Waals surface area contributed by atoms with E-state index in [0.717, 1.165) is 25.4 Å². The molecular formula is C14H27N7. The Balaban J connectivity index is 2.14. The van der Waals surface area contributed by atoms with Crippen LogP contribution in [0, 0.1) is 5.92 Å². The summed E-state index contributed by atoms with van der Waals surface area (Å²) >= 11 is 0. The second kappa shape index (κ2) is 7.40. The van der Waals surface area contributed by atoms with E-state index in [1.807, 2.05) is 0 Å². The Hall–Kier alpha value is -1.63. The third-order valence-electron chi connectivity index (χ3n) is 3.94. The highest BCUT2D eigenvalue weighted by Gasteiger charge is 2.25. The number of nitrogens with one attached hydrogen (secondary N) is 2. The van der Waals surface area contributed by atoms with Crippen LogP contribution in [0.3, 0.4) is 0 Å². The molecule has 0 amide bonds. The number of nitrogens with two attached hydrogens (primary N) is 1. The highest BCUT2D eigenvalue weighted by molar-refractivity contribution is 5.43. The Bertz CT molecular complexity index is 443. The van der Waals surface area contributed by atoms with Crippen molar-refractivity contribution in [3.63, 3.8) is 0 Å². The smallest absolute Gasteiger partial charge is 0.243 e. The Kier molecular flexibility index (Phi) is 5.55. The highest BCUT2D eigenvalue weighted by Crippen LogP contribution is 2.34. The maximum absolute atomic E-state index is 5.48. The lowest BCUT2D eigenvalue weighted by Gasteiger charge is -2.21. The molecule has 1 unspecified atom stereocenters. The number of rotatable bonds is 9. The van der Waals surface area contributed by atoms with E-state index in [0.29, 0.717) is 23.9 Å². The molecule has 4 N–H and O–H groups in total. The van der Waals surface area contributed by atoms with E-state index >= 15 is 0 Å². The fraction of sp³-hybridized carbons (Fsp3) is 0.786. The van der Waals surface area contributed by atoms with Crippen molar-refractivity contribution in [1.82, 2.24) is 15.0 Å². The predicted molar refractivity (Wildman–Crippen MR) is 86.2 cm³/mol. The van der Waals surface area contributed by atoms with Crippen LogP contribution in [-0.4, -0.2) is 34.1 Å². The van der Waals surface area contributed by atoms with Crippen LogP contribution in [0.4, 0.5) is 17.8 Å². The van der Waals surface area contributed by atoms with Crippen molar-refractivity contribution < 1.29 is 0 Å². The van der Waals surface area contributed by atoms with Crippen molar-refractivity contribution in [2.45, 2.75) is 52.5 Å². The summed E-state index contributed by atoms with van der Waals surface area (Å²) < 4.78 is 0. The van der Waals surface area contributed by atoms with Gasteiger partial charge in [0.15, 0.2) is 0 Å². The maximum Gasteiger partial charge on any atom is 0.243 e. The van der Waals surface area contributed by atoms with Gasteiger partial charge in [-0.2, -0.15) is 15.0 Å². The summed E-state index contributed by atoms with van der Waals surface area (Å²) in [6, 6.07) is 0.412. The molecule has 118 valence electrons. The molecular weight excluding hydrogens is 266 g/mol. The lowest BCUT2D eigenvalue weighted by molar-refractivity contribution is 0.582. The molecule has 1 aliphatic rings.